The fourth-order valence-electron chi connectivity index (χ4n) is 3.22. The molecule has 0 bridgehead atoms. The van der Waals surface area contributed by atoms with Crippen LogP contribution in [0.3, 0.4) is 0 Å². The highest BCUT2D eigenvalue weighted by atomic mass is 19.1. The lowest BCUT2D eigenvalue weighted by atomic mass is 10.0. The number of halogens is 1. The predicted octanol–water partition coefficient (Wildman–Crippen LogP) is 2.02. The van der Waals surface area contributed by atoms with Gasteiger partial charge in [-0.1, -0.05) is 6.07 Å². The molecule has 1 aromatic carbocycles. The van der Waals surface area contributed by atoms with Gasteiger partial charge in [0, 0.05) is 18.8 Å². The minimum Gasteiger partial charge on any atom is -0.392 e. The SMILES string of the molecule is CN(CC(O)C1CC1)C1CCCN(c2cccc(F)c2)C1=O. The summed E-state index contributed by atoms with van der Waals surface area (Å²) in [5.41, 5.74) is 0.617. The van der Waals surface area contributed by atoms with Crippen molar-refractivity contribution in [3.63, 3.8) is 0 Å². The average molecular weight is 306 g/mol. The molecule has 2 fully saturated rings. The van der Waals surface area contributed by atoms with Gasteiger partial charge in [0.05, 0.1) is 12.1 Å². The second kappa shape index (κ2) is 6.34. The van der Waals surface area contributed by atoms with Crippen LogP contribution >= 0.6 is 0 Å². The Morgan fingerprint density at radius 2 is 2.18 bits per heavy atom. The van der Waals surface area contributed by atoms with E-state index in [1.807, 2.05) is 11.9 Å². The van der Waals surface area contributed by atoms with E-state index in [9.17, 15) is 14.3 Å². The quantitative estimate of drug-likeness (QED) is 0.905. The lowest BCUT2D eigenvalue weighted by Gasteiger charge is -2.37. The average Bonchev–Trinajstić information content (AvgIpc) is 3.32. The highest BCUT2D eigenvalue weighted by Gasteiger charge is 2.36. The smallest absolute Gasteiger partial charge is 0.244 e. The van der Waals surface area contributed by atoms with Crippen molar-refractivity contribution >= 4 is 11.6 Å². The number of aliphatic hydroxyl groups is 1. The van der Waals surface area contributed by atoms with Crippen LogP contribution in [-0.2, 0) is 4.79 Å². The summed E-state index contributed by atoms with van der Waals surface area (Å²) in [6.07, 6.45) is 3.50. The van der Waals surface area contributed by atoms with Gasteiger partial charge < -0.3 is 10.0 Å². The van der Waals surface area contributed by atoms with E-state index >= 15 is 0 Å². The molecule has 1 N–H and O–H groups in total. The molecular weight excluding hydrogens is 283 g/mol. The van der Waals surface area contributed by atoms with Gasteiger partial charge in [-0.05, 0) is 56.8 Å². The van der Waals surface area contributed by atoms with Crippen molar-refractivity contribution in [2.45, 2.75) is 37.8 Å². The van der Waals surface area contributed by atoms with Gasteiger partial charge in [0.15, 0.2) is 0 Å². The second-order valence-electron chi connectivity index (χ2n) is 6.47. The first kappa shape index (κ1) is 15.4. The third-order valence-corrected chi connectivity index (χ3v) is 4.70. The topological polar surface area (TPSA) is 43.8 Å². The summed E-state index contributed by atoms with van der Waals surface area (Å²) in [4.78, 5) is 16.3. The molecule has 1 heterocycles. The van der Waals surface area contributed by atoms with Gasteiger partial charge in [-0.2, -0.15) is 0 Å². The summed E-state index contributed by atoms with van der Waals surface area (Å²) in [6.45, 7) is 1.15. The molecule has 0 spiro atoms. The van der Waals surface area contributed by atoms with Crippen LogP contribution in [0.4, 0.5) is 10.1 Å². The Balaban J connectivity index is 1.69. The van der Waals surface area contributed by atoms with Crippen LogP contribution in [-0.4, -0.2) is 48.2 Å². The third-order valence-electron chi connectivity index (χ3n) is 4.70. The molecule has 2 unspecified atom stereocenters. The second-order valence-corrected chi connectivity index (χ2v) is 6.47. The summed E-state index contributed by atoms with van der Waals surface area (Å²) in [6, 6.07) is 5.95. The van der Waals surface area contributed by atoms with E-state index in [2.05, 4.69) is 0 Å². The van der Waals surface area contributed by atoms with Crippen molar-refractivity contribution < 1.29 is 14.3 Å². The zero-order chi connectivity index (χ0) is 15.7. The Bertz CT molecular complexity index is 547. The number of hydrogen-bond donors (Lipinski definition) is 1. The zero-order valence-corrected chi connectivity index (χ0v) is 12.9. The standard InChI is InChI=1S/C17H23FN2O2/c1-19(11-16(21)12-7-8-12)15-6-3-9-20(17(15)22)14-5-2-4-13(18)10-14/h2,4-5,10,12,15-16,21H,3,6-9,11H2,1H3. The molecule has 1 aliphatic heterocycles. The van der Waals surface area contributed by atoms with E-state index < -0.39 is 0 Å². The summed E-state index contributed by atoms with van der Waals surface area (Å²) >= 11 is 0. The van der Waals surface area contributed by atoms with E-state index in [1.165, 1.54) is 12.1 Å². The van der Waals surface area contributed by atoms with Gasteiger partial charge in [0.1, 0.15) is 5.82 Å². The summed E-state index contributed by atoms with van der Waals surface area (Å²) < 4.78 is 13.4. The molecule has 120 valence electrons. The summed E-state index contributed by atoms with van der Waals surface area (Å²) in [7, 11) is 1.89. The van der Waals surface area contributed by atoms with Crippen molar-refractivity contribution in [1.29, 1.82) is 0 Å². The van der Waals surface area contributed by atoms with Gasteiger partial charge >= 0.3 is 0 Å². The maximum absolute atomic E-state index is 13.4. The van der Waals surface area contributed by atoms with E-state index in [0.29, 0.717) is 24.7 Å². The van der Waals surface area contributed by atoms with Crippen LogP contribution in [0, 0.1) is 11.7 Å². The van der Waals surface area contributed by atoms with Crippen molar-refractivity contribution in [2.24, 2.45) is 5.92 Å². The van der Waals surface area contributed by atoms with Gasteiger partial charge in [0.2, 0.25) is 5.91 Å². The Kier molecular flexibility index (Phi) is 4.45. The molecule has 2 aliphatic rings. The Morgan fingerprint density at radius 1 is 1.41 bits per heavy atom. The Hall–Kier alpha value is -1.46. The van der Waals surface area contributed by atoms with Gasteiger partial charge in [-0.15, -0.1) is 0 Å². The third kappa shape index (κ3) is 3.31. The molecule has 1 aliphatic carbocycles. The van der Waals surface area contributed by atoms with Gasteiger partial charge in [-0.3, -0.25) is 9.69 Å². The molecule has 0 radical (unpaired) electrons. The fourth-order valence-corrected chi connectivity index (χ4v) is 3.22. The van der Waals surface area contributed by atoms with E-state index in [1.54, 1.807) is 17.0 Å². The van der Waals surface area contributed by atoms with Crippen LogP contribution in [0.2, 0.25) is 0 Å². The van der Waals surface area contributed by atoms with Crippen molar-refractivity contribution in [1.82, 2.24) is 4.90 Å². The molecule has 22 heavy (non-hydrogen) atoms. The number of aliphatic hydroxyl groups excluding tert-OH is 1. The lowest BCUT2D eigenvalue weighted by molar-refractivity contribution is -0.125. The Morgan fingerprint density at radius 3 is 2.86 bits per heavy atom. The largest absolute Gasteiger partial charge is 0.392 e. The fraction of sp³-hybridized carbons (Fsp3) is 0.588. The number of carbonyl (C=O) groups excluding carboxylic acids is 1. The number of benzene rings is 1. The van der Waals surface area contributed by atoms with Crippen LogP contribution < -0.4 is 4.90 Å². The molecule has 0 aromatic heterocycles. The van der Waals surface area contributed by atoms with E-state index in [-0.39, 0.29) is 23.9 Å². The maximum Gasteiger partial charge on any atom is 0.244 e. The molecule has 1 aromatic rings. The number of anilines is 1. The van der Waals surface area contributed by atoms with Crippen LogP contribution in [0.5, 0.6) is 0 Å². The molecule has 4 nitrogen and oxygen atoms in total. The Labute approximate surface area is 130 Å². The van der Waals surface area contributed by atoms with Crippen molar-refractivity contribution in [2.75, 3.05) is 25.0 Å². The molecule has 1 saturated carbocycles. The molecule has 3 rings (SSSR count). The first-order valence-corrected chi connectivity index (χ1v) is 8.01. The minimum atomic E-state index is -0.345. The van der Waals surface area contributed by atoms with Crippen molar-refractivity contribution in [3.05, 3.63) is 30.1 Å². The van der Waals surface area contributed by atoms with Crippen molar-refractivity contribution in [3.8, 4) is 0 Å². The van der Waals surface area contributed by atoms with Gasteiger partial charge in [-0.25, -0.2) is 4.39 Å². The normalized spacial score (nSPS) is 23.9. The number of hydrogen-bond acceptors (Lipinski definition) is 3. The molecule has 5 heteroatoms. The van der Waals surface area contributed by atoms with Gasteiger partial charge in [0.25, 0.3) is 0 Å². The first-order valence-electron chi connectivity index (χ1n) is 8.01. The monoisotopic (exact) mass is 306 g/mol. The number of amides is 1. The first-order chi connectivity index (χ1) is 10.6. The van der Waals surface area contributed by atoms with Crippen LogP contribution in [0.15, 0.2) is 24.3 Å². The predicted molar refractivity (Wildman–Crippen MR) is 83.1 cm³/mol. The maximum atomic E-state index is 13.4. The van der Waals surface area contributed by atoms with Crippen LogP contribution in [0.1, 0.15) is 25.7 Å². The number of rotatable bonds is 5. The van der Waals surface area contributed by atoms with E-state index in [4.69, 9.17) is 0 Å². The number of nitrogens with zero attached hydrogens (tertiary/aromatic N) is 2. The lowest BCUT2D eigenvalue weighted by Crippen LogP contribution is -2.53. The molecule has 1 amide bonds. The summed E-state index contributed by atoms with van der Waals surface area (Å²) in [5.74, 6) is 0.0766. The molecule has 1 saturated heterocycles. The number of carbonyl (C=O) groups is 1. The zero-order valence-electron chi connectivity index (χ0n) is 12.9. The summed E-state index contributed by atoms with van der Waals surface area (Å²) in [5, 5.41) is 10.1. The highest BCUT2D eigenvalue weighted by Crippen LogP contribution is 2.33. The number of piperidine rings is 1. The number of likely N-dealkylation sites (N-methyl/N-ethyl adjacent to an activating group) is 1. The van der Waals surface area contributed by atoms with E-state index in [0.717, 1.165) is 25.7 Å². The molecule has 2 atom stereocenters. The van der Waals surface area contributed by atoms with Crippen LogP contribution in [0.25, 0.3) is 0 Å². The minimum absolute atomic E-state index is 0.00217. The highest BCUT2D eigenvalue weighted by molar-refractivity contribution is 5.97. The molecular formula is C17H23FN2O2.